The Bertz CT molecular complexity index is 516. The summed E-state index contributed by atoms with van der Waals surface area (Å²) >= 11 is 0. The monoisotopic (exact) mass is 311 g/mol. The highest BCUT2D eigenvalue weighted by molar-refractivity contribution is 7.88. The van der Waals surface area contributed by atoms with Gasteiger partial charge in [0.2, 0.25) is 10.0 Å². The van der Waals surface area contributed by atoms with Gasteiger partial charge >= 0.3 is 0 Å². The van der Waals surface area contributed by atoms with Crippen LogP contribution in [0.4, 0.5) is 0 Å². The van der Waals surface area contributed by atoms with Crippen molar-refractivity contribution >= 4 is 10.0 Å². The average Bonchev–Trinajstić information content (AvgIpc) is 2.46. The van der Waals surface area contributed by atoms with Gasteiger partial charge < -0.3 is 5.11 Å². The van der Waals surface area contributed by atoms with Gasteiger partial charge in [-0.3, -0.25) is 0 Å². The van der Waals surface area contributed by atoms with E-state index in [1.165, 1.54) is 6.42 Å². The topological polar surface area (TPSA) is 66.4 Å². The largest absolute Gasteiger partial charge is 0.393 e. The molecule has 0 saturated heterocycles. The molecule has 1 aliphatic carbocycles. The molecule has 1 saturated carbocycles. The van der Waals surface area contributed by atoms with E-state index in [-0.39, 0.29) is 11.9 Å². The van der Waals surface area contributed by atoms with Crippen LogP contribution in [0.25, 0.3) is 0 Å². The lowest BCUT2D eigenvalue weighted by Gasteiger charge is -2.27. The lowest BCUT2D eigenvalue weighted by Crippen LogP contribution is -2.28. The number of hydrogen-bond donors (Lipinski definition) is 2. The number of aliphatic hydroxyl groups excluding tert-OH is 1. The van der Waals surface area contributed by atoms with E-state index < -0.39 is 10.0 Å². The molecule has 0 aliphatic heterocycles. The second-order valence-electron chi connectivity index (χ2n) is 5.89. The predicted octanol–water partition coefficient (Wildman–Crippen LogP) is 2.44. The van der Waals surface area contributed by atoms with Gasteiger partial charge in [-0.1, -0.05) is 43.2 Å². The summed E-state index contributed by atoms with van der Waals surface area (Å²) < 4.78 is 26.6. The molecule has 0 bridgehead atoms. The number of nitrogens with one attached hydrogen (secondary N) is 1. The Morgan fingerprint density at radius 3 is 2.57 bits per heavy atom. The summed E-state index contributed by atoms with van der Waals surface area (Å²) in [6, 6.07) is 9.19. The van der Waals surface area contributed by atoms with Crippen LogP contribution in [0.3, 0.4) is 0 Å². The smallest absolute Gasteiger partial charge is 0.215 e. The number of hydrogen-bond acceptors (Lipinski definition) is 3. The normalized spacial score (nSPS) is 23.1. The summed E-state index contributed by atoms with van der Waals surface area (Å²) in [5.41, 5.74) is 0.799. The van der Waals surface area contributed by atoms with E-state index >= 15 is 0 Å². The number of sulfonamides is 1. The molecule has 118 valence electrons. The van der Waals surface area contributed by atoms with Crippen molar-refractivity contribution < 1.29 is 13.5 Å². The van der Waals surface area contributed by atoms with Crippen molar-refractivity contribution in [3.8, 4) is 0 Å². The van der Waals surface area contributed by atoms with Gasteiger partial charge in [0.15, 0.2) is 0 Å². The zero-order chi connectivity index (χ0) is 15.1. The molecule has 0 radical (unpaired) electrons. The molecule has 0 heterocycles. The molecule has 4 nitrogen and oxygen atoms in total. The first-order chi connectivity index (χ1) is 10.1. The Kier molecular flexibility index (Phi) is 6.21. The summed E-state index contributed by atoms with van der Waals surface area (Å²) in [6.07, 6.45) is 5.75. The van der Waals surface area contributed by atoms with Crippen LogP contribution in [0.2, 0.25) is 0 Å². The summed E-state index contributed by atoms with van der Waals surface area (Å²) in [4.78, 5) is 0. The third-order valence-electron chi connectivity index (χ3n) is 4.14. The maximum Gasteiger partial charge on any atom is 0.215 e. The Labute approximate surface area is 127 Å². The second-order valence-corrected chi connectivity index (χ2v) is 7.70. The number of benzene rings is 1. The van der Waals surface area contributed by atoms with Gasteiger partial charge in [-0.15, -0.1) is 0 Å². The fraction of sp³-hybridized carbons (Fsp3) is 0.625. The van der Waals surface area contributed by atoms with Gasteiger partial charge in [-0.25, -0.2) is 13.1 Å². The number of rotatable bonds is 7. The zero-order valence-electron chi connectivity index (χ0n) is 12.4. The number of aliphatic hydroxyl groups is 1. The minimum Gasteiger partial charge on any atom is -0.393 e. The van der Waals surface area contributed by atoms with E-state index in [1.54, 1.807) is 0 Å². The van der Waals surface area contributed by atoms with Crippen molar-refractivity contribution in [3.63, 3.8) is 0 Å². The van der Waals surface area contributed by atoms with Crippen LogP contribution in [0.5, 0.6) is 0 Å². The van der Waals surface area contributed by atoms with Crippen molar-refractivity contribution in [2.24, 2.45) is 5.92 Å². The van der Waals surface area contributed by atoms with Crippen LogP contribution < -0.4 is 4.72 Å². The Balaban J connectivity index is 1.70. The summed E-state index contributed by atoms with van der Waals surface area (Å²) in [5, 5.41) is 9.88. The highest BCUT2D eigenvalue weighted by Crippen LogP contribution is 2.27. The van der Waals surface area contributed by atoms with Gasteiger partial charge in [-0.2, -0.15) is 0 Å². The molecule has 5 heteroatoms. The van der Waals surface area contributed by atoms with E-state index in [9.17, 15) is 13.5 Å². The molecule has 1 aromatic carbocycles. The van der Waals surface area contributed by atoms with Crippen molar-refractivity contribution in [2.45, 2.75) is 50.4 Å². The molecule has 0 spiro atoms. The maximum absolute atomic E-state index is 12.0. The molecule has 2 rings (SSSR count). The van der Waals surface area contributed by atoms with E-state index in [0.29, 0.717) is 12.5 Å². The SMILES string of the molecule is O=S(=O)(Cc1ccccc1)NCCCC1CCCCC1O. The molecule has 21 heavy (non-hydrogen) atoms. The summed E-state index contributed by atoms with van der Waals surface area (Å²) in [7, 11) is -3.26. The molecule has 1 aromatic rings. The van der Waals surface area contributed by atoms with Gasteiger partial charge in [0, 0.05) is 6.54 Å². The molecule has 1 aliphatic rings. The Morgan fingerprint density at radius 2 is 1.86 bits per heavy atom. The Morgan fingerprint density at radius 1 is 1.14 bits per heavy atom. The van der Waals surface area contributed by atoms with E-state index in [0.717, 1.165) is 37.7 Å². The lowest BCUT2D eigenvalue weighted by molar-refractivity contribution is 0.0645. The van der Waals surface area contributed by atoms with E-state index in [4.69, 9.17) is 0 Å². The summed E-state index contributed by atoms with van der Waals surface area (Å²) in [6.45, 7) is 0.457. The minimum absolute atomic E-state index is 0.0277. The molecular formula is C16H25NO3S. The van der Waals surface area contributed by atoms with Crippen molar-refractivity contribution in [3.05, 3.63) is 35.9 Å². The first-order valence-corrected chi connectivity index (χ1v) is 9.41. The van der Waals surface area contributed by atoms with Crippen LogP contribution in [0, 0.1) is 5.92 Å². The van der Waals surface area contributed by atoms with Crippen LogP contribution in [-0.2, 0) is 15.8 Å². The molecular weight excluding hydrogens is 286 g/mol. The molecule has 2 N–H and O–H groups in total. The van der Waals surface area contributed by atoms with E-state index in [2.05, 4.69) is 4.72 Å². The zero-order valence-corrected chi connectivity index (χ0v) is 13.2. The third kappa shape index (κ3) is 5.77. The first-order valence-electron chi connectivity index (χ1n) is 7.76. The lowest BCUT2D eigenvalue weighted by atomic mass is 9.84. The summed E-state index contributed by atoms with van der Waals surface area (Å²) in [5.74, 6) is 0.372. The quantitative estimate of drug-likeness (QED) is 0.760. The Hall–Kier alpha value is -0.910. The molecule has 2 unspecified atom stereocenters. The van der Waals surface area contributed by atoms with Crippen LogP contribution in [0.15, 0.2) is 30.3 Å². The van der Waals surface area contributed by atoms with Crippen molar-refractivity contribution in [1.82, 2.24) is 4.72 Å². The van der Waals surface area contributed by atoms with Gasteiger partial charge in [-0.05, 0) is 37.2 Å². The van der Waals surface area contributed by atoms with Crippen molar-refractivity contribution in [1.29, 1.82) is 0 Å². The van der Waals surface area contributed by atoms with E-state index in [1.807, 2.05) is 30.3 Å². The molecule has 1 fully saturated rings. The third-order valence-corrected chi connectivity index (χ3v) is 5.50. The fourth-order valence-electron chi connectivity index (χ4n) is 2.96. The van der Waals surface area contributed by atoms with Gasteiger partial charge in [0.1, 0.15) is 0 Å². The minimum atomic E-state index is -3.26. The van der Waals surface area contributed by atoms with Crippen LogP contribution in [-0.4, -0.2) is 26.2 Å². The maximum atomic E-state index is 12.0. The second kappa shape index (κ2) is 7.92. The van der Waals surface area contributed by atoms with Gasteiger partial charge in [0.05, 0.1) is 11.9 Å². The molecule has 0 aromatic heterocycles. The van der Waals surface area contributed by atoms with Crippen LogP contribution >= 0.6 is 0 Å². The standard InChI is InChI=1S/C16H25NO3S/c18-16-11-5-4-9-15(16)10-6-12-17-21(19,20)13-14-7-2-1-3-8-14/h1-3,7-8,15-18H,4-6,9-13H2. The van der Waals surface area contributed by atoms with Crippen LogP contribution in [0.1, 0.15) is 44.1 Å². The first kappa shape index (κ1) is 16.5. The molecule has 0 amide bonds. The fourth-order valence-corrected chi connectivity index (χ4v) is 4.15. The molecule has 2 atom stereocenters. The highest BCUT2D eigenvalue weighted by atomic mass is 32.2. The van der Waals surface area contributed by atoms with Crippen molar-refractivity contribution in [2.75, 3.05) is 6.54 Å². The van der Waals surface area contributed by atoms with Gasteiger partial charge in [0.25, 0.3) is 0 Å². The average molecular weight is 311 g/mol. The highest BCUT2D eigenvalue weighted by Gasteiger charge is 2.22. The predicted molar refractivity (Wildman–Crippen MR) is 84.3 cm³/mol.